The van der Waals surface area contributed by atoms with E-state index in [0.29, 0.717) is 13.2 Å². The van der Waals surface area contributed by atoms with Crippen LogP contribution in [0.2, 0.25) is 0 Å². The summed E-state index contributed by atoms with van der Waals surface area (Å²) in [4.78, 5) is 18.1. The van der Waals surface area contributed by atoms with Crippen molar-refractivity contribution in [2.75, 3.05) is 13.7 Å². The Morgan fingerprint density at radius 3 is 2.78 bits per heavy atom. The maximum atomic E-state index is 12.8. The molecule has 0 atom stereocenters. The molecule has 5 heteroatoms. The molecule has 2 aromatic rings. The van der Waals surface area contributed by atoms with E-state index in [2.05, 4.69) is 28.6 Å². The van der Waals surface area contributed by atoms with Gasteiger partial charge >= 0.3 is 0 Å². The van der Waals surface area contributed by atoms with Gasteiger partial charge in [-0.25, -0.2) is 0 Å². The fourth-order valence-electron chi connectivity index (χ4n) is 3.27. The molecule has 1 heterocycles. The standard InChI is InChI=1S/C18H24N2O2S/c1-18(10-6-3-7-11-18)16(21)19-17-20(12-13-22-2)14-8-4-5-9-15(14)23-17/h4-5,8-9H,3,6-7,10-13H2,1-2H3/b19-17-. The number of benzene rings is 1. The summed E-state index contributed by atoms with van der Waals surface area (Å²) in [6, 6.07) is 8.20. The maximum Gasteiger partial charge on any atom is 0.254 e. The fourth-order valence-corrected chi connectivity index (χ4v) is 4.33. The normalized spacial score (nSPS) is 18.4. The Bertz CT molecular complexity index is 754. The molecule has 1 amide bonds. The second-order valence-electron chi connectivity index (χ2n) is 6.54. The zero-order valence-electron chi connectivity index (χ0n) is 13.9. The molecule has 1 aromatic heterocycles. The lowest BCUT2D eigenvalue weighted by Gasteiger charge is -2.29. The summed E-state index contributed by atoms with van der Waals surface area (Å²) in [5.74, 6) is 0.0370. The molecule has 0 N–H and O–H groups in total. The molecule has 1 saturated carbocycles. The van der Waals surface area contributed by atoms with Crippen LogP contribution in [-0.4, -0.2) is 24.2 Å². The van der Waals surface area contributed by atoms with Gasteiger partial charge in [0.1, 0.15) is 0 Å². The Kier molecular flexibility index (Phi) is 4.97. The van der Waals surface area contributed by atoms with Crippen LogP contribution >= 0.6 is 11.3 Å². The van der Waals surface area contributed by atoms with Gasteiger partial charge in [-0.05, 0) is 25.0 Å². The number of nitrogens with zero attached hydrogens (tertiary/aromatic N) is 2. The number of fused-ring (bicyclic) bond motifs is 1. The van der Waals surface area contributed by atoms with Gasteiger partial charge in [0, 0.05) is 19.1 Å². The van der Waals surface area contributed by atoms with Crippen molar-refractivity contribution >= 4 is 27.5 Å². The smallest absolute Gasteiger partial charge is 0.254 e. The first-order valence-corrected chi connectivity index (χ1v) is 9.12. The Balaban J connectivity index is 2.01. The molecule has 0 spiro atoms. The second-order valence-corrected chi connectivity index (χ2v) is 7.54. The monoisotopic (exact) mass is 332 g/mol. The summed E-state index contributed by atoms with van der Waals surface area (Å²) >= 11 is 1.59. The number of carbonyl (C=O) groups excluding carboxylic acids is 1. The van der Waals surface area contributed by atoms with Gasteiger partial charge in [-0.1, -0.05) is 49.7 Å². The van der Waals surface area contributed by atoms with Crippen LogP contribution in [0.5, 0.6) is 0 Å². The predicted octanol–water partition coefficient (Wildman–Crippen LogP) is 3.75. The predicted molar refractivity (Wildman–Crippen MR) is 93.5 cm³/mol. The molecule has 1 aliphatic rings. The Hall–Kier alpha value is -1.46. The first-order valence-electron chi connectivity index (χ1n) is 8.30. The van der Waals surface area contributed by atoms with Crippen molar-refractivity contribution in [3.63, 3.8) is 0 Å². The van der Waals surface area contributed by atoms with Crippen LogP contribution in [0.15, 0.2) is 29.3 Å². The average Bonchev–Trinajstić information content (AvgIpc) is 2.91. The average molecular weight is 332 g/mol. The van der Waals surface area contributed by atoms with E-state index < -0.39 is 0 Å². The maximum absolute atomic E-state index is 12.8. The molecule has 1 aliphatic carbocycles. The van der Waals surface area contributed by atoms with Crippen LogP contribution in [-0.2, 0) is 16.1 Å². The minimum atomic E-state index is -0.284. The van der Waals surface area contributed by atoms with Gasteiger partial charge in [0.15, 0.2) is 4.80 Å². The van der Waals surface area contributed by atoms with Crippen LogP contribution in [0.1, 0.15) is 39.0 Å². The number of thiazole rings is 1. The van der Waals surface area contributed by atoms with E-state index in [1.165, 1.54) is 6.42 Å². The fraction of sp³-hybridized carbons (Fsp3) is 0.556. The van der Waals surface area contributed by atoms with Gasteiger partial charge in [-0.15, -0.1) is 0 Å². The zero-order chi connectivity index (χ0) is 16.3. The highest BCUT2D eigenvalue weighted by atomic mass is 32.1. The summed E-state index contributed by atoms with van der Waals surface area (Å²) in [5, 5.41) is 0. The van der Waals surface area contributed by atoms with E-state index in [4.69, 9.17) is 4.74 Å². The van der Waals surface area contributed by atoms with E-state index in [1.807, 2.05) is 12.1 Å². The highest BCUT2D eigenvalue weighted by molar-refractivity contribution is 7.16. The van der Waals surface area contributed by atoms with Crippen molar-refractivity contribution < 1.29 is 9.53 Å². The summed E-state index contributed by atoms with van der Waals surface area (Å²) in [6.45, 7) is 3.40. The molecule has 1 aromatic carbocycles. The molecular formula is C18H24N2O2S. The molecule has 3 rings (SSSR count). The van der Waals surface area contributed by atoms with Gasteiger partial charge in [-0.3, -0.25) is 4.79 Å². The highest BCUT2D eigenvalue weighted by Gasteiger charge is 2.34. The summed E-state index contributed by atoms with van der Waals surface area (Å²) in [5.41, 5.74) is 0.836. The van der Waals surface area contributed by atoms with E-state index in [-0.39, 0.29) is 11.3 Å². The van der Waals surface area contributed by atoms with Gasteiger partial charge in [0.05, 0.1) is 16.8 Å². The second kappa shape index (κ2) is 6.97. The Morgan fingerprint density at radius 1 is 1.30 bits per heavy atom. The van der Waals surface area contributed by atoms with Crippen LogP contribution in [0.25, 0.3) is 10.2 Å². The molecule has 124 valence electrons. The first kappa shape index (κ1) is 16.4. The van der Waals surface area contributed by atoms with Gasteiger partial charge in [-0.2, -0.15) is 4.99 Å². The minimum Gasteiger partial charge on any atom is -0.383 e. The van der Waals surface area contributed by atoms with E-state index in [1.54, 1.807) is 18.4 Å². The molecule has 0 aliphatic heterocycles. The molecular weight excluding hydrogens is 308 g/mol. The molecule has 4 nitrogen and oxygen atoms in total. The van der Waals surface area contributed by atoms with Crippen molar-refractivity contribution in [3.05, 3.63) is 29.1 Å². The van der Waals surface area contributed by atoms with Crippen molar-refractivity contribution in [2.24, 2.45) is 10.4 Å². The van der Waals surface area contributed by atoms with Crippen LogP contribution in [0, 0.1) is 5.41 Å². The number of ether oxygens (including phenoxy) is 1. The molecule has 0 radical (unpaired) electrons. The summed E-state index contributed by atoms with van der Waals surface area (Å²) in [6.07, 6.45) is 5.41. The molecule has 0 bridgehead atoms. The third kappa shape index (κ3) is 3.40. The SMILES string of the molecule is COCCn1/c(=N/C(=O)C2(C)CCCCC2)sc2ccccc21. The number of methoxy groups -OCH3 is 1. The van der Waals surface area contributed by atoms with E-state index in [0.717, 1.165) is 40.7 Å². The summed E-state index contributed by atoms with van der Waals surface area (Å²) in [7, 11) is 1.69. The lowest BCUT2D eigenvalue weighted by molar-refractivity contribution is -0.128. The lowest BCUT2D eigenvalue weighted by atomic mass is 9.75. The van der Waals surface area contributed by atoms with Gasteiger partial charge in [0.25, 0.3) is 5.91 Å². The number of amides is 1. The van der Waals surface area contributed by atoms with Crippen molar-refractivity contribution in [1.29, 1.82) is 0 Å². The third-order valence-corrected chi connectivity index (χ3v) is 5.84. The number of rotatable bonds is 4. The number of carbonyl (C=O) groups is 1. The zero-order valence-corrected chi connectivity index (χ0v) is 14.7. The Labute approximate surface area is 140 Å². The van der Waals surface area contributed by atoms with Crippen molar-refractivity contribution in [2.45, 2.75) is 45.6 Å². The molecule has 23 heavy (non-hydrogen) atoms. The van der Waals surface area contributed by atoms with Gasteiger partial charge < -0.3 is 9.30 Å². The van der Waals surface area contributed by atoms with Crippen LogP contribution < -0.4 is 4.80 Å². The van der Waals surface area contributed by atoms with E-state index in [9.17, 15) is 4.79 Å². The Morgan fingerprint density at radius 2 is 2.04 bits per heavy atom. The molecule has 1 fully saturated rings. The van der Waals surface area contributed by atoms with Crippen molar-refractivity contribution in [1.82, 2.24) is 4.57 Å². The van der Waals surface area contributed by atoms with E-state index >= 15 is 0 Å². The lowest BCUT2D eigenvalue weighted by Crippen LogP contribution is -2.31. The number of hydrogen-bond acceptors (Lipinski definition) is 3. The molecule has 0 saturated heterocycles. The number of hydrogen-bond donors (Lipinski definition) is 0. The number of aromatic nitrogens is 1. The topological polar surface area (TPSA) is 43.6 Å². The van der Waals surface area contributed by atoms with Crippen LogP contribution in [0.3, 0.4) is 0 Å². The third-order valence-electron chi connectivity index (χ3n) is 4.78. The highest BCUT2D eigenvalue weighted by Crippen LogP contribution is 2.36. The summed E-state index contributed by atoms with van der Waals surface area (Å²) < 4.78 is 8.48. The molecule has 0 unspecified atom stereocenters. The minimum absolute atomic E-state index is 0.0370. The number of para-hydroxylation sites is 1. The van der Waals surface area contributed by atoms with Crippen molar-refractivity contribution in [3.8, 4) is 0 Å². The van der Waals surface area contributed by atoms with Gasteiger partial charge in [0.2, 0.25) is 0 Å². The first-order chi connectivity index (χ1) is 11.1. The van der Waals surface area contributed by atoms with Crippen LogP contribution in [0.4, 0.5) is 0 Å². The largest absolute Gasteiger partial charge is 0.383 e. The quantitative estimate of drug-likeness (QED) is 0.856.